The summed E-state index contributed by atoms with van der Waals surface area (Å²) in [7, 11) is 0. The van der Waals surface area contributed by atoms with Gasteiger partial charge in [-0.1, -0.05) is 42.8 Å². The van der Waals surface area contributed by atoms with Gasteiger partial charge in [0.1, 0.15) is 42.4 Å². The minimum absolute atomic E-state index is 0.362. The number of hydrogen-bond acceptors (Lipinski definition) is 6. The van der Waals surface area contributed by atoms with E-state index >= 15 is 0 Å². The number of halogens is 1. The third kappa shape index (κ3) is 3.34. The Morgan fingerprint density at radius 1 is 1.03 bits per heavy atom. The highest BCUT2D eigenvalue weighted by atomic mass is 35.5. The number of aliphatic hydroxyl groups excluding tert-OH is 4. The first-order valence-electron chi connectivity index (χ1n) is 11.7. The molecule has 2 aromatic carbocycles. The van der Waals surface area contributed by atoms with Crippen LogP contribution in [0.4, 0.5) is 0 Å². The molecule has 1 heterocycles. The molecule has 1 saturated heterocycles. The van der Waals surface area contributed by atoms with E-state index in [0.717, 1.165) is 34.6 Å². The summed E-state index contributed by atoms with van der Waals surface area (Å²) < 4.78 is 12.0. The van der Waals surface area contributed by atoms with Crippen molar-refractivity contribution in [3.05, 3.63) is 64.2 Å². The van der Waals surface area contributed by atoms with Crippen molar-refractivity contribution in [1.82, 2.24) is 0 Å². The van der Waals surface area contributed by atoms with Gasteiger partial charge in [0.15, 0.2) is 0 Å². The number of hydrogen-bond donors (Lipinski definition) is 4. The van der Waals surface area contributed by atoms with Crippen molar-refractivity contribution in [2.45, 2.75) is 56.4 Å². The van der Waals surface area contributed by atoms with Gasteiger partial charge in [0, 0.05) is 10.9 Å². The molecule has 176 valence electrons. The second-order valence-electron chi connectivity index (χ2n) is 10.3. The fourth-order valence-electron chi connectivity index (χ4n) is 6.56. The number of fused-ring (bicyclic) bond motifs is 1. The van der Waals surface area contributed by atoms with Crippen molar-refractivity contribution in [2.75, 3.05) is 6.61 Å². The van der Waals surface area contributed by atoms with Gasteiger partial charge in [0.25, 0.3) is 0 Å². The maximum Gasteiger partial charge on any atom is 0.119 e. The molecule has 4 aliphatic carbocycles. The van der Waals surface area contributed by atoms with Crippen molar-refractivity contribution in [1.29, 1.82) is 0 Å². The Balaban J connectivity index is 1.15. The summed E-state index contributed by atoms with van der Waals surface area (Å²) in [6.07, 6.45) is -3.81. The van der Waals surface area contributed by atoms with Gasteiger partial charge in [0.2, 0.25) is 0 Å². The molecule has 0 amide bonds. The van der Waals surface area contributed by atoms with Crippen molar-refractivity contribution in [2.24, 2.45) is 23.2 Å². The fourth-order valence-corrected chi connectivity index (χ4v) is 6.74. The number of ether oxygens (including phenoxy) is 2. The van der Waals surface area contributed by atoms with Crippen LogP contribution in [0.15, 0.2) is 42.5 Å². The Morgan fingerprint density at radius 2 is 1.76 bits per heavy atom. The molecule has 1 unspecified atom stereocenters. The van der Waals surface area contributed by atoms with Crippen LogP contribution >= 0.6 is 11.6 Å². The largest absolute Gasteiger partial charge is 0.490 e. The lowest BCUT2D eigenvalue weighted by atomic mass is 9.90. The molecule has 7 heteroatoms. The molecule has 2 bridgehead atoms. The molecule has 0 spiro atoms. The quantitative estimate of drug-likeness (QED) is 0.515. The third-order valence-electron chi connectivity index (χ3n) is 8.62. The van der Waals surface area contributed by atoms with Gasteiger partial charge >= 0.3 is 0 Å². The first-order valence-corrected chi connectivity index (χ1v) is 12.0. The maximum absolute atomic E-state index is 10.4. The van der Waals surface area contributed by atoms with Crippen LogP contribution in [0.2, 0.25) is 5.02 Å². The maximum atomic E-state index is 10.4. The Morgan fingerprint density at radius 3 is 2.39 bits per heavy atom. The molecule has 0 radical (unpaired) electrons. The highest BCUT2D eigenvalue weighted by Gasteiger charge is 2.90. The SMILES string of the molecule is C[C@]12C3[C@@H](Oc4ccc(Cc5cc([C@H]6O[C@H](CO)[C@@H](O)[C@H](O)[C@H]6O)ccc5Cl)cc4)C[C@H]1[C@@H]32. The van der Waals surface area contributed by atoms with Crippen molar-refractivity contribution in [3.8, 4) is 5.75 Å². The Labute approximate surface area is 197 Å². The monoisotopic (exact) mass is 472 g/mol. The van der Waals surface area contributed by atoms with E-state index in [-0.39, 0.29) is 0 Å². The molecule has 4 saturated carbocycles. The smallest absolute Gasteiger partial charge is 0.119 e. The predicted molar refractivity (Wildman–Crippen MR) is 121 cm³/mol. The molecule has 33 heavy (non-hydrogen) atoms. The zero-order chi connectivity index (χ0) is 23.1. The zero-order valence-corrected chi connectivity index (χ0v) is 19.1. The van der Waals surface area contributed by atoms with Crippen LogP contribution in [0.25, 0.3) is 0 Å². The van der Waals surface area contributed by atoms with Crippen LogP contribution in [0.1, 0.15) is 36.1 Å². The molecule has 2 aromatic rings. The molecule has 5 aliphatic rings. The highest BCUT2D eigenvalue weighted by molar-refractivity contribution is 6.31. The molecular formula is C26H29ClO6. The average molecular weight is 473 g/mol. The second kappa shape index (κ2) is 7.67. The predicted octanol–water partition coefficient (Wildman–Crippen LogP) is 2.48. The van der Waals surface area contributed by atoms with E-state index in [1.807, 2.05) is 30.3 Å². The summed E-state index contributed by atoms with van der Waals surface area (Å²) in [5.41, 5.74) is 3.15. The van der Waals surface area contributed by atoms with Gasteiger partial charge in [-0.05, 0) is 65.0 Å². The molecule has 7 rings (SSSR count). The number of aliphatic hydroxyl groups is 4. The molecule has 0 aromatic heterocycles. The Kier molecular flexibility index (Phi) is 5.07. The summed E-state index contributed by atoms with van der Waals surface area (Å²) in [5, 5.41) is 40.6. The lowest BCUT2D eigenvalue weighted by Crippen LogP contribution is -2.55. The van der Waals surface area contributed by atoms with Crippen LogP contribution in [-0.4, -0.2) is 57.6 Å². The first-order chi connectivity index (χ1) is 15.8. The molecule has 6 nitrogen and oxygen atoms in total. The van der Waals surface area contributed by atoms with Crippen LogP contribution in [0, 0.1) is 23.2 Å². The van der Waals surface area contributed by atoms with E-state index in [1.54, 1.807) is 12.1 Å². The van der Waals surface area contributed by atoms with Gasteiger partial charge in [-0.15, -0.1) is 0 Å². The van der Waals surface area contributed by atoms with E-state index in [1.165, 1.54) is 6.42 Å². The van der Waals surface area contributed by atoms with Crippen molar-refractivity contribution >= 4 is 11.6 Å². The van der Waals surface area contributed by atoms with E-state index in [0.29, 0.717) is 28.5 Å². The molecule has 5 fully saturated rings. The molecule has 10 atom stereocenters. The normalized spacial score (nSPS) is 42.7. The highest BCUT2D eigenvalue weighted by Crippen LogP contribution is 2.91. The summed E-state index contributed by atoms with van der Waals surface area (Å²) in [6.45, 7) is 1.93. The van der Waals surface area contributed by atoms with Gasteiger partial charge < -0.3 is 29.9 Å². The molecular weight excluding hydrogens is 444 g/mol. The van der Waals surface area contributed by atoms with E-state index in [9.17, 15) is 20.4 Å². The van der Waals surface area contributed by atoms with Crippen LogP contribution in [0.3, 0.4) is 0 Å². The zero-order valence-electron chi connectivity index (χ0n) is 18.3. The fraction of sp³-hybridized carbons (Fsp3) is 0.538. The van der Waals surface area contributed by atoms with Crippen molar-refractivity contribution in [3.63, 3.8) is 0 Å². The Bertz CT molecular complexity index is 1050. The van der Waals surface area contributed by atoms with E-state index < -0.39 is 37.1 Å². The topological polar surface area (TPSA) is 99.4 Å². The summed E-state index contributed by atoms with van der Waals surface area (Å²) >= 11 is 6.45. The van der Waals surface area contributed by atoms with Crippen molar-refractivity contribution < 1.29 is 29.9 Å². The van der Waals surface area contributed by atoms with Crippen LogP contribution in [-0.2, 0) is 11.2 Å². The minimum atomic E-state index is -1.41. The molecule has 4 N–H and O–H groups in total. The second-order valence-corrected chi connectivity index (χ2v) is 10.7. The first kappa shape index (κ1) is 21.8. The lowest BCUT2D eigenvalue weighted by Gasteiger charge is -2.40. The van der Waals surface area contributed by atoms with E-state index in [4.69, 9.17) is 21.1 Å². The Hall–Kier alpha value is -1.67. The van der Waals surface area contributed by atoms with Gasteiger partial charge in [0.05, 0.1) is 6.61 Å². The van der Waals surface area contributed by atoms with Crippen LogP contribution in [0.5, 0.6) is 5.75 Å². The van der Waals surface area contributed by atoms with E-state index in [2.05, 4.69) is 6.92 Å². The standard InChI is InChI=1S/C26H29ClO6/c1-26-16-10-18(21(26)20(16)26)32-15-5-2-12(3-6-15)8-14-9-13(4-7-17(14)27)25-24(31)23(30)22(29)19(11-28)33-25/h2-7,9,16,18-25,28-31H,8,10-11H2,1H3/t16-,18-,19+,20-,21?,22+,23-,24+,25+,26-/m0/s1. The van der Waals surface area contributed by atoms with Gasteiger partial charge in [-0.25, -0.2) is 0 Å². The van der Waals surface area contributed by atoms with Gasteiger partial charge in [-0.3, -0.25) is 0 Å². The number of benzene rings is 2. The summed E-state index contributed by atoms with van der Waals surface area (Å²) in [6, 6.07) is 13.4. The summed E-state index contributed by atoms with van der Waals surface area (Å²) in [5.74, 6) is 3.47. The summed E-state index contributed by atoms with van der Waals surface area (Å²) in [4.78, 5) is 0. The van der Waals surface area contributed by atoms with Crippen LogP contribution < -0.4 is 4.74 Å². The molecule has 1 aliphatic heterocycles. The lowest BCUT2D eigenvalue weighted by molar-refractivity contribution is -0.231. The van der Waals surface area contributed by atoms with Gasteiger partial charge in [-0.2, -0.15) is 0 Å². The average Bonchev–Trinajstić information content (AvgIpc) is 3.46. The third-order valence-corrected chi connectivity index (χ3v) is 8.99. The number of rotatable bonds is 6. The minimum Gasteiger partial charge on any atom is -0.490 e.